The van der Waals surface area contributed by atoms with Crippen molar-refractivity contribution in [1.29, 1.82) is 0 Å². The number of rotatable bonds is 4. The highest BCUT2D eigenvalue weighted by molar-refractivity contribution is 5.89. The Morgan fingerprint density at radius 1 is 1.52 bits per heavy atom. The Kier molecular flexibility index (Phi) is 4.45. The monoisotopic (exact) mass is 294 g/mol. The van der Waals surface area contributed by atoms with Crippen LogP contribution in [0.5, 0.6) is 5.75 Å². The van der Waals surface area contributed by atoms with E-state index < -0.39 is 5.82 Å². The van der Waals surface area contributed by atoms with E-state index in [1.54, 1.807) is 25.1 Å². The summed E-state index contributed by atoms with van der Waals surface area (Å²) in [7, 11) is 4.75. The molecule has 1 aliphatic rings. The van der Waals surface area contributed by atoms with Crippen LogP contribution in [0.25, 0.3) is 0 Å². The molecule has 1 fully saturated rings. The summed E-state index contributed by atoms with van der Waals surface area (Å²) in [5, 5.41) is 0. The maximum Gasteiger partial charge on any atom is 0.228 e. The van der Waals surface area contributed by atoms with Crippen LogP contribution < -0.4 is 4.74 Å². The maximum absolute atomic E-state index is 13.6. The SMILES string of the molecule is COc1ccc(CN(C)C(=O)[C@@H]2CC(=O)N(C)C2)cc1F. The van der Waals surface area contributed by atoms with Crippen molar-refractivity contribution >= 4 is 11.8 Å². The van der Waals surface area contributed by atoms with Crippen LogP contribution in [0.15, 0.2) is 18.2 Å². The molecule has 1 saturated heterocycles. The zero-order valence-electron chi connectivity index (χ0n) is 12.4. The Balaban J connectivity index is 2.01. The summed E-state index contributed by atoms with van der Waals surface area (Å²) in [5.74, 6) is -0.695. The lowest BCUT2D eigenvalue weighted by Crippen LogP contribution is -2.33. The highest BCUT2D eigenvalue weighted by Gasteiger charge is 2.33. The number of hydrogen-bond acceptors (Lipinski definition) is 3. The van der Waals surface area contributed by atoms with Crippen LogP contribution in [-0.2, 0) is 16.1 Å². The average molecular weight is 294 g/mol. The van der Waals surface area contributed by atoms with E-state index in [-0.39, 0.29) is 29.9 Å². The van der Waals surface area contributed by atoms with Gasteiger partial charge in [0.25, 0.3) is 0 Å². The standard InChI is InChI=1S/C15H19FN2O3/c1-17-9-11(7-14(17)19)15(20)18(2)8-10-4-5-13(21-3)12(16)6-10/h4-6,11H,7-9H2,1-3H3/t11-/m1/s1. The fraction of sp³-hybridized carbons (Fsp3) is 0.467. The van der Waals surface area contributed by atoms with Gasteiger partial charge in [0.1, 0.15) is 0 Å². The summed E-state index contributed by atoms with van der Waals surface area (Å²) in [6, 6.07) is 4.61. The van der Waals surface area contributed by atoms with Gasteiger partial charge in [0.2, 0.25) is 11.8 Å². The van der Waals surface area contributed by atoms with E-state index in [9.17, 15) is 14.0 Å². The second-order valence-electron chi connectivity index (χ2n) is 5.34. The molecular weight excluding hydrogens is 275 g/mol. The minimum atomic E-state index is -0.452. The van der Waals surface area contributed by atoms with Gasteiger partial charge >= 0.3 is 0 Å². The second kappa shape index (κ2) is 6.11. The van der Waals surface area contributed by atoms with Crippen molar-refractivity contribution in [2.45, 2.75) is 13.0 Å². The minimum Gasteiger partial charge on any atom is -0.494 e. The van der Waals surface area contributed by atoms with E-state index in [0.717, 1.165) is 0 Å². The first kappa shape index (κ1) is 15.3. The lowest BCUT2D eigenvalue weighted by molar-refractivity contribution is -0.135. The van der Waals surface area contributed by atoms with Crippen LogP contribution in [0, 0.1) is 11.7 Å². The molecule has 0 N–H and O–H groups in total. The first-order valence-corrected chi connectivity index (χ1v) is 6.73. The van der Waals surface area contributed by atoms with Crippen molar-refractivity contribution in [2.75, 3.05) is 27.7 Å². The van der Waals surface area contributed by atoms with Crippen molar-refractivity contribution in [2.24, 2.45) is 5.92 Å². The third kappa shape index (κ3) is 3.32. The zero-order chi connectivity index (χ0) is 15.6. The minimum absolute atomic E-state index is 0.0164. The molecule has 2 amide bonds. The third-order valence-electron chi connectivity index (χ3n) is 3.70. The van der Waals surface area contributed by atoms with E-state index in [1.807, 2.05) is 0 Å². The molecule has 1 aromatic carbocycles. The lowest BCUT2D eigenvalue weighted by atomic mass is 10.1. The number of carbonyl (C=O) groups is 2. The number of likely N-dealkylation sites (tertiary alicyclic amines) is 1. The molecule has 1 aromatic rings. The maximum atomic E-state index is 13.6. The number of carbonyl (C=O) groups excluding carboxylic acids is 2. The molecule has 6 heteroatoms. The van der Waals surface area contributed by atoms with E-state index in [0.29, 0.717) is 18.7 Å². The van der Waals surface area contributed by atoms with Crippen LogP contribution in [-0.4, -0.2) is 49.4 Å². The summed E-state index contributed by atoms with van der Waals surface area (Å²) in [6.07, 6.45) is 0.247. The summed E-state index contributed by atoms with van der Waals surface area (Å²) in [5.41, 5.74) is 0.682. The van der Waals surface area contributed by atoms with Crippen LogP contribution in [0.1, 0.15) is 12.0 Å². The molecule has 1 atom stereocenters. The molecule has 0 spiro atoms. The number of ether oxygens (including phenoxy) is 1. The van der Waals surface area contributed by atoms with Crippen molar-refractivity contribution < 1.29 is 18.7 Å². The predicted octanol–water partition coefficient (Wildman–Crippen LogP) is 1.27. The van der Waals surface area contributed by atoms with Gasteiger partial charge in [-0.1, -0.05) is 6.07 Å². The van der Waals surface area contributed by atoms with Gasteiger partial charge in [-0.25, -0.2) is 4.39 Å². The first-order chi connectivity index (χ1) is 9.92. The van der Waals surface area contributed by atoms with Gasteiger partial charge in [0.15, 0.2) is 11.6 Å². The molecule has 2 rings (SSSR count). The number of methoxy groups -OCH3 is 1. The lowest BCUT2D eigenvalue weighted by Gasteiger charge is -2.21. The number of amides is 2. The van der Waals surface area contributed by atoms with Gasteiger partial charge < -0.3 is 14.5 Å². The van der Waals surface area contributed by atoms with Gasteiger partial charge in [-0.15, -0.1) is 0 Å². The average Bonchev–Trinajstić information content (AvgIpc) is 2.78. The molecule has 0 unspecified atom stereocenters. The molecule has 1 aliphatic heterocycles. The van der Waals surface area contributed by atoms with Gasteiger partial charge in [-0.3, -0.25) is 9.59 Å². The molecular formula is C15H19FN2O3. The van der Waals surface area contributed by atoms with Gasteiger partial charge in [-0.05, 0) is 17.7 Å². The number of halogens is 1. The van der Waals surface area contributed by atoms with Gasteiger partial charge in [0, 0.05) is 33.6 Å². The third-order valence-corrected chi connectivity index (χ3v) is 3.70. The van der Waals surface area contributed by atoms with Crippen molar-refractivity contribution in [1.82, 2.24) is 9.80 Å². The number of hydrogen-bond donors (Lipinski definition) is 0. The van der Waals surface area contributed by atoms with E-state index in [4.69, 9.17) is 4.74 Å². The van der Waals surface area contributed by atoms with Crippen molar-refractivity contribution in [3.63, 3.8) is 0 Å². The Morgan fingerprint density at radius 2 is 2.24 bits per heavy atom. The van der Waals surface area contributed by atoms with Crippen molar-refractivity contribution in [3.05, 3.63) is 29.6 Å². The fourth-order valence-corrected chi connectivity index (χ4v) is 2.50. The highest BCUT2D eigenvalue weighted by atomic mass is 19.1. The summed E-state index contributed by atoms with van der Waals surface area (Å²) >= 11 is 0. The summed E-state index contributed by atoms with van der Waals surface area (Å²) in [6.45, 7) is 0.743. The molecule has 1 heterocycles. The fourth-order valence-electron chi connectivity index (χ4n) is 2.50. The molecule has 0 aliphatic carbocycles. The Bertz CT molecular complexity index is 562. The van der Waals surface area contributed by atoms with Crippen molar-refractivity contribution in [3.8, 4) is 5.75 Å². The molecule has 0 bridgehead atoms. The Hall–Kier alpha value is -2.11. The van der Waals surface area contributed by atoms with Crippen LogP contribution >= 0.6 is 0 Å². The first-order valence-electron chi connectivity index (χ1n) is 6.73. The van der Waals surface area contributed by atoms with Crippen LogP contribution in [0.3, 0.4) is 0 Å². The molecule has 0 radical (unpaired) electrons. The Labute approximate surface area is 123 Å². The normalized spacial score (nSPS) is 18.0. The van der Waals surface area contributed by atoms with Crippen LogP contribution in [0.4, 0.5) is 4.39 Å². The molecule has 0 saturated carbocycles. The summed E-state index contributed by atoms with van der Waals surface area (Å²) < 4.78 is 18.5. The molecule has 0 aromatic heterocycles. The smallest absolute Gasteiger partial charge is 0.228 e. The largest absolute Gasteiger partial charge is 0.494 e. The van der Waals surface area contributed by atoms with E-state index in [1.165, 1.54) is 24.1 Å². The second-order valence-corrected chi connectivity index (χ2v) is 5.34. The van der Waals surface area contributed by atoms with Gasteiger partial charge in [-0.2, -0.15) is 0 Å². The van der Waals surface area contributed by atoms with Gasteiger partial charge in [0.05, 0.1) is 13.0 Å². The predicted molar refractivity (Wildman–Crippen MR) is 75.2 cm³/mol. The van der Waals surface area contributed by atoms with Crippen LogP contribution in [0.2, 0.25) is 0 Å². The summed E-state index contributed by atoms with van der Waals surface area (Å²) in [4.78, 5) is 26.8. The number of nitrogens with zero attached hydrogens (tertiary/aromatic N) is 2. The van der Waals surface area contributed by atoms with E-state index >= 15 is 0 Å². The van der Waals surface area contributed by atoms with E-state index in [2.05, 4.69) is 0 Å². The molecule has 114 valence electrons. The topological polar surface area (TPSA) is 49.9 Å². The zero-order valence-corrected chi connectivity index (χ0v) is 12.4. The Morgan fingerprint density at radius 3 is 2.76 bits per heavy atom. The highest BCUT2D eigenvalue weighted by Crippen LogP contribution is 2.21. The molecule has 5 nitrogen and oxygen atoms in total. The number of benzene rings is 1. The molecule has 21 heavy (non-hydrogen) atoms. The quantitative estimate of drug-likeness (QED) is 0.840.